The maximum absolute atomic E-state index is 12.7. The summed E-state index contributed by atoms with van der Waals surface area (Å²) in [6.45, 7) is 0. The Morgan fingerprint density at radius 3 is 2.32 bits per heavy atom. The van der Waals surface area contributed by atoms with E-state index < -0.39 is 0 Å². The fourth-order valence-corrected chi connectivity index (χ4v) is 3.69. The first kappa shape index (κ1) is 17.2. The molecule has 0 aromatic heterocycles. The van der Waals surface area contributed by atoms with E-state index in [1.165, 1.54) is 11.8 Å². The molecule has 0 atom stereocenters. The zero-order chi connectivity index (χ0) is 18.0. The molecule has 0 unspecified atom stereocenters. The number of carbonyl (C=O) groups is 1. The highest BCUT2D eigenvalue weighted by Gasteiger charge is 2.33. The average Bonchev–Trinajstić information content (AvgIpc) is 2.89. The second-order valence-electron chi connectivity index (χ2n) is 5.66. The third-order valence-corrected chi connectivity index (χ3v) is 5.06. The molecule has 3 rings (SSSR count). The summed E-state index contributed by atoms with van der Waals surface area (Å²) in [4.78, 5) is 16.9. The second kappa shape index (κ2) is 7.09. The van der Waals surface area contributed by atoms with Crippen LogP contribution in [-0.4, -0.2) is 24.3 Å². The topological polar surface area (TPSA) is 47.3 Å². The van der Waals surface area contributed by atoms with E-state index in [-0.39, 0.29) is 5.91 Å². The normalized spacial score (nSPS) is 15.6. The number of thiocarbonyl (C=S) groups is 1. The number of anilines is 2. The van der Waals surface area contributed by atoms with Gasteiger partial charge in [0.25, 0.3) is 5.91 Å². The first-order valence-corrected chi connectivity index (χ1v) is 8.77. The number of nitriles is 1. The van der Waals surface area contributed by atoms with Gasteiger partial charge in [-0.3, -0.25) is 9.69 Å². The van der Waals surface area contributed by atoms with Crippen molar-refractivity contribution in [2.75, 3.05) is 23.9 Å². The zero-order valence-electron chi connectivity index (χ0n) is 13.8. The summed E-state index contributed by atoms with van der Waals surface area (Å²) >= 11 is 6.68. The fraction of sp³-hybridized carbons (Fsp3) is 0.105. The van der Waals surface area contributed by atoms with E-state index in [4.69, 9.17) is 17.5 Å². The summed E-state index contributed by atoms with van der Waals surface area (Å²) in [6.07, 6.45) is 1.80. The molecule has 0 bridgehead atoms. The molecule has 1 aliphatic rings. The van der Waals surface area contributed by atoms with Crippen molar-refractivity contribution in [3.8, 4) is 6.07 Å². The number of thioether (sulfide) groups is 1. The van der Waals surface area contributed by atoms with Gasteiger partial charge in [-0.1, -0.05) is 36.1 Å². The van der Waals surface area contributed by atoms with Crippen LogP contribution in [0.4, 0.5) is 11.4 Å². The molecular formula is C19H15N3OS2. The number of benzene rings is 2. The van der Waals surface area contributed by atoms with Crippen LogP contribution in [0.3, 0.4) is 0 Å². The van der Waals surface area contributed by atoms with E-state index in [9.17, 15) is 4.79 Å². The highest BCUT2D eigenvalue weighted by atomic mass is 32.2. The molecule has 4 nitrogen and oxygen atoms in total. The highest BCUT2D eigenvalue weighted by Crippen LogP contribution is 2.36. The molecule has 0 N–H and O–H groups in total. The van der Waals surface area contributed by atoms with Gasteiger partial charge in [-0.25, -0.2) is 0 Å². The Hall–Kier alpha value is -2.62. The number of nitrogens with zero attached hydrogens (tertiary/aromatic N) is 3. The van der Waals surface area contributed by atoms with Gasteiger partial charge in [0, 0.05) is 19.8 Å². The van der Waals surface area contributed by atoms with Crippen LogP contribution in [0, 0.1) is 11.3 Å². The largest absolute Gasteiger partial charge is 0.378 e. The molecule has 2 aromatic carbocycles. The minimum absolute atomic E-state index is 0.128. The van der Waals surface area contributed by atoms with E-state index in [0.717, 1.165) is 16.9 Å². The van der Waals surface area contributed by atoms with E-state index in [1.54, 1.807) is 23.1 Å². The molecule has 1 saturated heterocycles. The van der Waals surface area contributed by atoms with Crippen LogP contribution in [0.15, 0.2) is 53.4 Å². The predicted molar refractivity (Wildman–Crippen MR) is 108 cm³/mol. The van der Waals surface area contributed by atoms with Gasteiger partial charge in [-0.2, -0.15) is 5.26 Å². The standard InChI is InChI=1S/C19H15N3OS2/c1-21(2)15-7-9-16(10-8-15)22-18(23)17(25-19(22)24)11-13-3-5-14(12-20)6-4-13/h3-11H,1-2H3/b17-11+. The van der Waals surface area contributed by atoms with Crippen LogP contribution in [-0.2, 0) is 4.79 Å². The Labute approximate surface area is 156 Å². The van der Waals surface area contributed by atoms with Gasteiger partial charge in [0.1, 0.15) is 0 Å². The number of amides is 1. The van der Waals surface area contributed by atoms with Gasteiger partial charge in [-0.15, -0.1) is 0 Å². The monoisotopic (exact) mass is 365 g/mol. The number of rotatable bonds is 3. The number of hydrogen-bond acceptors (Lipinski definition) is 5. The predicted octanol–water partition coefficient (Wildman–Crippen LogP) is 4.03. The van der Waals surface area contributed by atoms with Crippen molar-refractivity contribution in [2.24, 2.45) is 0 Å². The van der Waals surface area contributed by atoms with Gasteiger partial charge in [0.05, 0.1) is 22.2 Å². The lowest BCUT2D eigenvalue weighted by Gasteiger charge is -2.17. The zero-order valence-corrected chi connectivity index (χ0v) is 15.4. The molecule has 2 aromatic rings. The Morgan fingerprint density at radius 2 is 1.76 bits per heavy atom. The number of hydrogen-bond donors (Lipinski definition) is 0. The molecule has 25 heavy (non-hydrogen) atoms. The molecule has 124 valence electrons. The van der Waals surface area contributed by atoms with Crippen LogP contribution in [0.1, 0.15) is 11.1 Å². The molecule has 0 radical (unpaired) electrons. The summed E-state index contributed by atoms with van der Waals surface area (Å²) in [7, 11) is 3.93. The highest BCUT2D eigenvalue weighted by molar-refractivity contribution is 8.27. The van der Waals surface area contributed by atoms with Crippen molar-refractivity contribution in [3.05, 3.63) is 64.6 Å². The van der Waals surface area contributed by atoms with Crippen molar-refractivity contribution >= 4 is 51.7 Å². The minimum Gasteiger partial charge on any atom is -0.378 e. The van der Waals surface area contributed by atoms with E-state index in [1.807, 2.05) is 55.4 Å². The van der Waals surface area contributed by atoms with Gasteiger partial charge >= 0.3 is 0 Å². The van der Waals surface area contributed by atoms with Crippen LogP contribution < -0.4 is 9.80 Å². The van der Waals surface area contributed by atoms with Crippen LogP contribution >= 0.6 is 24.0 Å². The quantitative estimate of drug-likeness (QED) is 0.607. The van der Waals surface area contributed by atoms with Crippen molar-refractivity contribution < 1.29 is 4.79 Å². The lowest BCUT2D eigenvalue weighted by atomic mass is 10.1. The maximum atomic E-state index is 12.7. The maximum Gasteiger partial charge on any atom is 0.270 e. The second-order valence-corrected chi connectivity index (χ2v) is 7.34. The molecule has 1 amide bonds. The molecule has 6 heteroatoms. The van der Waals surface area contributed by atoms with Crippen molar-refractivity contribution in [3.63, 3.8) is 0 Å². The summed E-state index contributed by atoms with van der Waals surface area (Å²) in [5.41, 5.74) is 3.27. The third-order valence-electron chi connectivity index (χ3n) is 3.76. The Bertz CT molecular complexity index is 894. The van der Waals surface area contributed by atoms with Gasteiger partial charge in [-0.05, 0) is 48.0 Å². The molecule has 1 heterocycles. The molecule has 0 aliphatic carbocycles. The lowest BCUT2D eigenvalue weighted by Crippen LogP contribution is -2.27. The van der Waals surface area contributed by atoms with Crippen LogP contribution in [0.2, 0.25) is 0 Å². The third kappa shape index (κ3) is 3.58. The van der Waals surface area contributed by atoms with Crippen molar-refractivity contribution in [1.82, 2.24) is 0 Å². The van der Waals surface area contributed by atoms with E-state index in [0.29, 0.717) is 14.8 Å². The van der Waals surface area contributed by atoms with Crippen LogP contribution in [0.5, 0.6) is 0 Å². The Morgan fingerprint density at radius 1 is 1.12 bits per heavy atom. The van der Waals surface area contributed by atoms with E-state index in [2.05, 4.69) is 6.07 Å². The number of carbonyl (C=O) groups excluding carboxylic acids is 1. The van der Waals surface area contributed by atoms with Crippen LogP contribution in [0.25, 0.3) is 6.08 Å². The Kier molecular flexibility index (Phi) is 4.88. The lowest BCUT2D eigenvalue weighted by molar-refractivity contribution is -0.113. The molecule has 1 aliphatic heterocycles. The first-order valence-electron chi connectivity index (χ1n) is 7.55. The Balaban J connectivity index is 1.86. The molecule has 0 saturated carbocycles. The summed E-state index contributed by atoms with van der Waals surface area (Å²) < 4.78 is 0.516. The van der Waals surface area contributed by atoms with Gasteiger partial charge < -0.3 is 4.90 Å². The van der Waals surface area contributed by atoms with E-state index >= 15 is 0 Å². The molecule has 1 fully saturated rings. The first-order chi connectivity index (χ1) is 12.0. The summed E-state index contributed by atoms with van der Waals surface area (Å²) in [5, 5.41) is 8.85. The molecular weight excluding hydrogens is 350 g/mol. The summed E-state index contributed by atoms with van der Waals surface area (Å²) in [5.74, 6) is -0.128. The minimum atomic E-state index is -0.128. The SMILES string of the molecule is CN(C)c1ccc(N2C(=O)/C(=C\c3ccc(C#N)cc3)SC2=S)cc1. The fourth-order valence-electron chi connectivity index (χ4n) is 2.40. The molecule has 0 spiro atoms. The summed E-state index contributed by atoms with van der Waals surface area (Å²) in [6, 6.07) is 16.9. The van der Waals surface area contributed by atoms with Gasteiger partial charge in [0.15, 0.2) is 4.32 Å². The van der Waals surface area contributed by atoms with Crippen molar-refractivity contribution in [2.45, 2.75) is 0 Å². The average molecular weight is 365 g/mol. The smallest absolute Gasteiger partial charge is 0.270 e. The van der Waals surface area contributed by atoms with Crippen molar-refractivity contribution in [1.29, 1.82) is 5.26 Å². The van der Waals surface area contributed by atoms with Gasteiger partial charge in [0.2, 0.25) is 0 Å².